The molecule has 3 nitrogen and oxygen atoms in total. The molecule has 0 aliphatic carbocycles. The van der Waals surface area contributed by atoms with E-state index in [4.69, 9.17) is 9.84 Å². The number of aliphatic hydroxyl groups is 1. The van der Waals surface area contributed by atoms with E-state index in [9.17, 15) is 4.79 Å². The molecular formula is C12H16O3. The van der Waals surface area contributed by atoms with Gasteiger partial charge in [0, 0.05) is 12.8 Å². The average Bonchev–Trinajstić information content (AvgIpc) is 2.26. The number of benzene rings is 1. The third-order valence-electron chi connectivity index (χ3n) is 2.27. The lowest BCUT2D eigenvalue weighted by atomic mass is 10.0. The molecule has 0 bridgehead atoms. The lowest BCUT2D eigenvalue weighted by Gasteiger charge is -2.11. The van der Waals surface area contributed by atoms with Crippen molar-refractivity contribution in [1.29, 1.82) is 0 Å². The SMILES string of the molecule is CC(=O)OCC(C)c1ccc(CO)cc1. The van der Waals surface area contributed by atoms with Gasteiger partial charge in [0.25, 0.3) is 0 Å². The van der Waals surface area contributed by atoms with E-state index >= 15 is 0 Å². The molecule has 0 heterocycles. The van der Waals surface area contributed by atoms with E-state index in [1.165, 1.54) is 6.92 Å². The zero-order valence-electron chi connectivity index (χ0n) is 9.06. The summed E-state index contributed by atoms with van der Waals surface area (Å²) in [4.78, 5) is 10.6. The predicted octanol–water partition coefficient (Wildman–Crippen LogP) is 1.85. The number of ether oxygens (including phenoxy) is 1. The van der Waals surface area contributed by atoms with Crippen LogP contribution in [0.15, 0.2) is 24.3 Å². The fourth-order valence-electron chi connectivity index (χ4n) is 1.29. The quantitative estimate of drug-likeness (QED) is 0.768. The Labute approximate surface area is 89.7 Å². The Morgan fingerprint density at radius 3 is 2.47 bits per heavy atom. The minimum absolute atomic E-state index is 0.0542. The van der Waals surface area contributed by atoms with Crippen LogP contribution in [0.3, 0.4) is 0 Å². The van der Waals surface area contributed by atoms with Gasteiger partial charge in [-0.2, -0.15) is 0 Å². The van der Waals surface area contributed by atoms with E-state index in [0.29, 0.717) is 6.61 Å². The fourth-order valence-corrected chi connectivity index (χ4v) is 1.29. The van der Waals surface area contributed by atoms with Gasteiger partial charge in [0.05, 0.1) is 13.2 Å². The Balaban J connectivity index is 2.57. The molecule has 1 unspecified atom stereocenters. The summed E-state index contributed by atoms with van der Waals surface area (Å²) >= 11 is 0. The summed E-state index contributed by atoms with van der Waals surface area (Å²) in [6.45, 7) is 3.85. The number of aliphatic hydroxyl groups excluding tert-OH is 1. The van der Waals surface area contributed by atoms with Gasteiger partial charge in [-0.15, -0.1) is 0 Å². The molecule has 0 spiro atoms. The Morgan fingerprint density at radius 1 is 1.40 bits per heavy atom. The molecule has 0 amide bonds. The molecule has 82 valence electrons. The first kappa shape index (κ1) is 11.7. The largest absolute Gasteiger partial charge is 0.465 e. The Bertz CT molecular complexity index is 316. The molecule has 1 aromatic carbocycles. The van der Waals surface area contributed by atoms with Crippen LogP contribution in [-0.2, 0) is 16.1 Å². The second-order valence-electron chi connectivity index (χ2n) is 3.60. The lowest BCUT2D eigenvalue weighted by Crippen LogP contribution is -2.07. The minimum Gasteiger partial charge on any atom is -0.465 e. The first-order valence-corrected chi connectivity index (χ1v) is 4.96. The molecule has 0 fully saturated rings. The van der Waals surface area contributed by atoms with E-state index in [-0.39, 0.29) is 18.5 Å². The molecular weight excluding hydrogens is 192 g/mol. The highest BCUT2D eigenvalue weighted by atomic mass is 16.5. The maximum atomic E-state index is 10.6. The van der Waals surface area contributed by atoms with Crippen molar-refractivity contribution in [2.24, 2.45) is 0 Å². The van der Waals surface area contributed by atoms with Gasteiger partial charge in [-0.1, -0.05) is 31.2 Å². The van der Waals surface area contributed by atoms with E-state index in [1.807, 2.05) is 31.2 Å². The first-order valence-electron chi connectivity index (χ1n) is 4.96. The normalized spacial score (nSPS) is 12.2. The number of hydrogen-bond acceptors (Lipinski definition) is 3. The number of carbonyl (C=O) groups is 1. The topological polar surface area (TPSA) is 46.5 Å². The molecule has 3 heteroatoms. The van der Waals surface area contributed by atoms with Gasteiger partial charge in [0.15, 0.2) is 0 Å². The summed E-state index contributed by atoms with van der Waals surface area (Å²) in [5, 5.41) is 8.87. The molecule has 1 aromatic rings. The fraction of sp³-hybridized carbons (Fsp3) is 0.417. The van der Waals surface area contributed by atoms with Gasteiger partial charge in [0.2, 0.25) is 0 Å². The van der Waals surface area contributed by atoms with E-state index in [2.05, 4.69) is 0 Å². The third-order valence-corrected chi connectivity index (χ3v) is 2.27. The van der Waals surface area contributed by atoms with Crippen LogP contribution in [0.4, 0.5) is 0 Å². The second-order valence-corrected chi connectivity index (χ2v) is 3.60. The summed E-state index contributed by atoms with van der Waals surface area (Å²) in [7, 11) is 0. The predicted molar refractivity (Wildman–Crippen MR) is 57.4 cm³/mol. The van der Waals surface area contributed by atoms with Crippen LogP contribution in [-0.4, -0.2) is 17.7 Å². The summed E-state index contributed by atoms with van der Waals surface area (Å²) in [6.07, 6.45) is 0. The molecule has 1 atom stereocenters. The molecule has 0 aliphatic rings. The number of esters is 1. The van der Waals surface area contributed by atoms with Gasteiger partial charge in [0.1, 0.15) is 0 Å². The minimum atomic E-state index is -0.256. The van der Waals surface area contributed by atoms with Crippen LogP contribution in [0.2, 0.25) is 0 Å². The highest BCUT2D eigenvalue weighted by molar-refractivity contribution is 5.65. The second kappa shape index (κ2) is 5.51. The highest BCUT2D eigenvalue weighted by Gasteiger charge is 2.06. The van der Waals surface area contributed by atoms with Gasteiger partial charge in [-0.25, -0.2) is 0 Å². The average molecular weight is 208 g/mol. The number of rotatable bonds is 4. The first-order chi connectivity index (χ1) is 7.13. The van der Waals surface area contributed by atoms with Crippen LogP contribution >= 0.6 is 0 Å². The molecule has 0 aromatic heterocycles. The van der Waals surface area contributed by atoms with Crippen molar-refractivity contribution in [3.05, 3.63) is 35.4 Å². The molecule has 0 aliphatic heterocycles. The van der Waals surface area contributed by atoms with Gasteiger partial charge in [-0.3, -0.25) is 4.79 Å². The van der Waals surface area contributed by atoms with Crippen LogP contribution in [0.5, 0.6) is 0 Å². The molecule has 15 heavy (non-hydrogen) atoms. The molecule has 0 saturated heterocycles. The lowest BCUT2D eigenvalue weighted by molar-refractivity contribution is -0.141. The Hall–Kier alpha value is -1.35. The zero-order valence-corrected chi connectivity index (χ0v) is 9.06. The smallest absolute Gasteiger partial charge is 0.302 e. The van der Waals surface area contributed by atoms with Crippen LogP contribution < -0.4 is 0 Å². The Morgan fingerprint density at radius 2 is 2.00 bits per heavy atom. The molecule has 1 N–H and O–H groups in total. The van der Waals surface area contributed by atoms with Crippen molar-refractivity contribution in [2.45, 2.75) is 26.4 Å². The maximum absolute atomic E-state index is 10.6. The Kier molecular flexibility index (Phi) is 4.31. The van der Waals surface area contributed by atoms with Crippen LogP contribution in [0.25, 0.3) is 0 Å². The van der Waals surface area contributed by atoms with Crippen molar-refractivity contribution in [2.75, 3.05) is 6.61 Å². The van der Waals surface area contributed by atoms with Crippen molar-refractivity contribution in [3.8, 4) is 0 Å². The van der Waals surface area contributed by atoms with Crippen LogP contribution in [0.1, 0.15) is 30.9 Å². The highest BCUT2D eigenvalue weighted by Crippen LogP contribution is 2.16. The van der Waals surface area contributed by atoms with E-state index in [0.717, 1.165) is 11.1 Å². The van der Waals surface area contributed by atoms with Gasteiger partial charge < -0.3 is 9.84 Å². The molecule has 0 saturated carbocycles. The van der Waals surface area contributed by atoms with Crippen LogP contribution in [0, 0.1) is 0 Å². The monoisotopic (exact) mass is 208 g/mol. The zero-order chi connectivity index (χ0) is 11.3. The van der Waals surface area contributed by atoms with Gasteiger partial charge >= 0.3 is 5.97 Å². The third kappa shape index (κ3) is 3.72. The van der Waals surface area contributed by atoms with Gasteiger partial charge in [-0.05, 0) is 11.1 Å². The summed E-state index contributed by atoms with van der Waals surface area (Å²) < 4.78 is 4.93. The number of carbonyl (C=O) groups excluding carboxylic acids is 1. The summed E-state index contributed by atoms with van der Waals surface area (Å²) in [5.74, 6) is -0.0736. The van der Waals surface area contributed by atoms with E-state index in [1.54, 1.807) is 0 Å². The summed E-state index contributed by atoms with van der Waals surface area (Å²) in [6, 6.07) is 7.64. The number of hydrogen-bond donors (Lipinski definition) is 1. The van der Waals surface area contributed by atoms with Crippen molar-refractivity contribution in [3.63, 3.8) is 0 Å². The maximum Gasteiger partial charge on any atom is 0.302 e. The standard InChI is InChI=1S/C12H16O3/c1-9(8-15-10(2)14)12-5-3-11(7-13)4-6-12/h3-6,9,13H,7-8H2,1-2H3. The summed E-state index contributed by atoms with van der Waals surface area (Å²) in [5.41, 5.74) is 1.99. The van der Waals surface area contributed by atoms with E-state index < -0.39 is 0 Å². The molecule has 0 radical (unpaired) electrons. The molecule has 1 rings (SSSR count). The van der Waals surface area contributed by atoms with Crippen molar-refractivity contribution >= 4 is 5.97 Å². The van der Waals surface area contributed by atoms with Crippen molar-refractivity contribution < 1.29 is 14.6 Å². The van der Waals surface area contributed by atoms with Crippen molar-refractivity contribution in [1.82, 2.24) is 0 Å².